The Kier molecular flexibility index (Phi) is 8.55. The van der Waals surface area contributed by atoms with Gasteiger partial charge in [0.2, 0.25) is 0 Å². The van der Waals surface area contributed by atoms with Crippen LogP contribution >= 0.6 is 0 Å². The van der Waals surface area contributed by atoms with Crippen molar-refractivity contribution in [3.8, 4) is 11.1 Å². The van der Waals surface area contributed by atoms with E-state index in [2.05, 4.69) is 26.1 Å². The smallest absolute Gasteiger partial charge is 0.414 e. The average molecular weight is 566 g/mol. The predicted octanol–water partition coefficient (Wildman–Crippen LogP) is 2.93. The Balaban J connectivity index is 1.20. The van der Waals surface area contributed by atoms with Crippen molar-refractivity contribution in [2.75, 3.05) is 25.1 Å². The number of esters is 1. The molecule has 2 aliphatic rings. The second-order valence-electron chi connectivity index (χ2n) is 9.96. The third-order valence-electron chi connectivity index (χ3n) is 7.19. The molecule has 0 unspecified atom stereocenters. The highest BCUT2D eigenvalue weighted by atomic mass is 19.1. The summed E-state index contributed by atoms with van der Waals surface area (Å²) >= 11 is 0. The number of cyclic esters (lactones) is 1. The van der Waals surface area contributed by atoms with Crippen LogP contribution in [0, 0.1) is 11.7 Å². The molecule has 1 amide bonds. The Morgan fingerprint density at radius 2 is 2.17 bits per heavy atom. The molecule has 4 heterocycles. The monoisotopic (exact) mass is 565 g/mol. The van der Waals surface area contributed by atoms with Gasteiger partial charge in [-0.15, -0.1) is 5.10 Å². The van der Waals surface area contributed by atoms with Gasteiger partial charge in [0.05, 0.1) is 36.4 Å². The molecule has 2 aromatic heterocycles. The summed E-state index contributed by atoms with van der Waals surface area (Å²) in [7, 11) is 1.74. The summed E-state index contributed by atoms with van der Waals surface area (Å²) in [6.07, 6.45) is 5.99. The van der Waals surface area contributed by atoms with Gasteiger partial charge >= 0.3 is 12.1 Å². The molecule has 0 aliphatic carbocycles. The van der Waals surface area contributed by atoms with Crippen LogP contribution in [0.25, 0.3) is 16.8 Å². The number of ether oxygens (including phenoxy) is 2. The van der Waals surface area contributed by atoms with Crippen molar-refractivity contribution in [2.45, 2.75) is 45.1 Å². The largest absolute Gasteiger partial charge is 0.461 e. The molecule has 5 rings (SSSR count). The Morgan fingerprint density at radius 3 is 2.85 bits per heavy atom. The first-order valence-corrected chi connectivity index (χ1v) is 13.4. The van der Waals surface area contributed by atoms with Crippen LogP contribution in [0.2, 0.25) is 0 Å². The molecular formula is C28H32FN7O5. The van der Waals surface area contributed by atoms with E-state index in [1.807, 2.05) is 13.8 Å². The lowest BCUT2D eigenvalue weighted by Gasteiger charge is -2.21. The number of carbonyl (C=O) groups excluding carboxylic acids is 2. The Morgan fingerprint density at radius 1 is 1.32 bits per heavy atom. The number of carbonyl (C=O) groups is 2. The van der Waals surface area contributed by atoms with E-state index in [0.717, 1.165) is 6.42 Å². The van der Waals surface area contributed by atoms with Crippen molar-refractivity contribution < 1.29 is 28.3 Å². The first-order valence-electron chi connectivity index (χ1n) is 13.4. The van der Waals surface area contributed by atoms with Crippen LogP contribution in [-0.4, -0.2) is 70.5 Å². The van der Waals surface area contributed by atoms with Gasteiger partial charge in [0.25, 0.3) is 0 Å². The number of aromatic nitrogens is 4. The molecule has 216 valence electrons. The number of likely N-dealkylation sites (N-methyl/N-ethyl adjacent to an activating group) is 1. The van der Waals surface area contributed by atoms with Gasteiger partial charge in [0.15, 0.2) is 0 Å². The zero-order valence-corrected chi connectivity index (χ0v) is 23.0. The summed E-state index contributed by atoms with van der Waals surface area (Å²) < 4.78 is 27.6. The minimum Gasteiger partial charge on any atom is -0.461 e. The maximum Gasteiger partial charge on any atom is 0.414 e. The Hall–Kier alpha value is -4.36. The summed E-state index contributed by atoms with van der Waals surface area (Å²) in [5.41, 5.74) is 5.33. The van der Waals surface area contributed by atoms with Gasteiger partial charge in [-0.3, -0.25) is 25.0 Å². The minimum absolute atomic E-state index is 0.0609. The van der Waals surface area contributed by atoms with E-state index in [1.165, 1.54) is 11.0 Å². The fourth-order valence-corrected chi connectivity index (χ4v) is 4.72. The van der Waals surface area contributed by atoms with E-state index in [4.69, 9.17) is 14.3 Å². The first kappa shape index (κ1) is 28.2. The summed E-state index contributed by atoms with van der Waals surface area (Å²) in [6, 6.07) is 7.70. The van der Waals surface area contributed by atoms with Gasteiger partial charge in [-0.25, -0.2) is 13.9 Å². The van der Waals surface area contributed by atoms with Crippen molar-refractivity contribution in [3.63, 3.8) is 0 Å². The van der Waals surface area contributed by atoms with Crippen LogP contribution in [0.3, 0.4) is 0 Å². The third-order valence-corrected chi connectivity index (χ3v) is 7.19. The summed E-state index contributed by atoms with van der Waals surface area (Å²) in [5, 5.41) is 10.6. The normalized spacial score (nSPS) is 19.9. The quantitative estimate of drug-likeness (QED) is 0.335. The second kappa shape index (κ2) is 12.4. The number of amides is 1. The van der Waals surface area contributed by atoms with Crippen molar-refractivity contribution in [1.29, 1.82) is 0 Å². The number of pyridine rings is 1. The van der Waals surface area contributed by atoms with E-state index in [9.17, 15) is 9.59 Å². The van der Waals surface area contributed by atoms with Crippen LogP contribution < -0.4 is 15.7 Å². The number of benzene rings is 1. The van der Waals surface area contributed by atoms with Crippen LogP contribution in [0.15, 0.2) is 55.0 Å². The van der Waals surface area contributed by atoms with E-state index < -0.39 is 24.1 Å². The lowest BCUT2D eigenvalue weighted by Crippen LogP contribution is -2.41. The molecule has 0 spiro atoms. The Labute approximate surface area is 236 Å². The fraction of sp³-hybridized carbons (Fsp3) is 0.393. The highest BCUT2D eigenvalue weighted by molar-refractivity contribution is 5.90. The zero-order chi connectivity index (χ0) is 28.9. The molecule has 4 atom stereocenters. The van der Waals surface area contributed by atoms with Gasteiger partial charge < -0.3 is 14.8 Å². The number of hydrogen-bond donors (Lipinski definition) is 2. The maximum absolute atomic E-state index is 15.2. The summed E-state index contributed by atoms with van der Waals surface area (Å²) in [5.74, 6) is -0.675. The van der Waals surface area contributed by atoms with Crippen molar-refractivity contribution in [2.24, 2.45) is 5.92 Å². The molecule has 13 heteroatoms. The average Bonchev–Trinajstić information content (AvgIpc) is 3.74. The SMILES string of the molecule is CC[C@H](C)[C@H](NC)C(=O)OC[C@@H]1C=C(c2ccc(-c3ccc(N4C[C@H](Cn5ccnn5)OC4=O)cc3F)cn2)NO1. The van der Waals surface area contributed by atoms with Crippen LogP contribution in [-0.2, 0) is 25.7 Å². The lowest BCUT2D eigenvalue weighted by atomic mass is 10.00. The molecular weight excluding hydrogens is 533 g/mol. The standard InChI is InChI=1S/C28H32FN7O5/c1-4-17(2)26(30-3)27(37)39-16-20-12-25(33-41-20)24-8-5-18(13-31-24)22-7-6-19(11-23(22)29)36-15-21(40-28(36)38)14-35-10-9-32-34-35/h5-13,17,20-21,26,30,33H,4,14-16H2,1-3H3/t17-,20-,21-,26-/m0/s1. The molecule has 0 radical (unpaired) electrons. The van der Waals surface area contributed by atoms with Crippen molar-refractivity contribution in [3.05, 3.63) is 66.5 Å². The highest BCUT2D eigenvalue weighted by Crippen LogP contribution is 2.30. The molecule has 41 heavy (non-hydrogen) atoms. The molecule has 2 N–H and O–H groups in total. The van der Waals surface area contributed by atoms with Gasteiger partial charge in [-0.1, -0.05) is 31.5 Å². The molecule has 0 saturated carbocycles. The summed E-state index contributed by atoms with van der Waals surface area (Å²) in [4.78, 5) is 36.2. The zero-order valence-electron chi connectivity index (χ0n) is 23.0. The molecule has 3 aromatic rings. The molecule has 2 aliphatic heterocycles. The van der Waals surface area contributed by atoms with Gasteiger partial charge in [0.1, 0.15) is 30.7 Å². The van der Waals surface area contributed by atoms with Crippen LogP contribution in [0.5, 0.6) is 0 Å². The number of halogens is 1. The van der Waals surface area contributed by atoms with Crippen molar-refractivity contribution in [1.82, 2.24) is 30.8 Å². The van der Waals surface area contributed by atoms with Crippen LogP contribution in [0.1, 0.15) is 26.0 Å². The molecule has 1 fully saturated rings. The number of nitrogens with one attached hydrogen (secondary N) is 2. The Bertz CT molecular complexity index is 1400. The second-order valence-corrected chi connectivity index (χ2v) is 9.96. The van der Waals surface area contributed by atoms with E-state index >= 15 is 4.39 Å². The van der Waals surface area contributed by atoms with Crippen LogP contribution in [0.4, 0.5) is 14.9 Å². The predicted molar refractivity (Wildman–Crippen MR) is 147 cm³/mol. The number of hydroxylamine groups is 1. The number of nitrogens with zero attached hydrogens (tertiary/aromatic N) is 5. The fourth-order valence-electron chi connectivity index (χ4n) is 4.72. The van der Waals surface area contributed by atoms with E-state index in [-0.39, 0.29) is 31.1 Å². The van der Waals surface area contributed by atoms with Crippen molar-refractivity contribution >= 4 is 23.4 Å². The molecule has 0 bridgehead atoms. The number of hydrogen-bond acceptors (Lipinski definition) is 10. The lowest BCUT2D eigenvalue weighted by molar-refractivity contribution is -0.151. The topological polar surface area (TPSA) is 133 Å². The first-order chi connectivity index (χ1) is 19.9. The third kappa shape index (κ3) is 6.36. The van der Waals surface area contributed by atoms with Gasteiger partial charge in [0, 0.05) is 23.5 Å². The summed E-state index contributed by atoms with van der Waals surface area (Å²) in [6.45, 7) is 4.70. The van der Waals surface area contributed by atoms with E-state index in [1.54, 1.807) is 60.7 Å². The number of anilines is 1. The van der Waals surface area contributed by atoms with E-state index in [0.29, 0.717) is 34.8 Å². The molecule has 12 nitrogen and oxygen atoms in total. The molecule has 1 saturated heterocycles. The molecule has 1 aromatic carbocycles. The number of rotatable bonds is 11. The highest BCUT2D eigenvalue weighted by Gasteiger charge is 2.33. The van der Waals surface area contributed by atoms with Gasteiger partial charge in [-0.05, 0) is 43.3 Å². The maximum atomic E-state index is 15.2. The minimum atomic E-state index is -0.543. The van der Waals surface area contributed by atoms with Gasteiger partial charge in [-0.2, -0.15) is 0 Å².